The number of aryl methyl sites for hydroxylation is 1. The first kappa shape index (κ1) is 13.5. The van der Waals surface area contributed by atoms with Crippen molar-refractivity contribution in [2.45, 2.75) is 13.5 Å². The number of halogens is 1. The zero-order chi connectivity index (χ0) is 13.9. The lowest BCUT2D eigenvalue weighted by Crippen LogP contribution is -2.46. The molecule has 1 aliphatic heterocycles. The third-order valence-electron chi connectivity index (χ3n) is 3.63. The number of anilines is 1. The molecule has 0 spiro atoms. The predicted molar refractivity (Wildman–Crippen MR) is 80.2 cm³/mol. The number of hydrogen-bond acceptors (Lipinski definition) is 4. The summed E-state index contributed by atoms with van der Waals surface area (Å²) in [5, 5.41) is 4.88. The van der Waals surface area contributed by atoms with Crippen LogP contribution in [-0.2, 0) is 6.54 Å². The third kappa shape index (κ3) is 2.97. The summed E-state index contributed by atoms with van der Waals surface area (Å²) in [6, 6.07) is 10.0. The minimum Gasteiger partial charge on any atom is -0.368 e. The summed E-state index contributed by atoms with van der Waals surface area (Å²) in [6.07, 6.45) is 0. The maximum Gasteiger partial charge on any atom is 0.133 e. The van der Waals surface area contributed by atoms with E-state index in [0.717, 1.165) is 54.9 Å². The summed E-state index contributed by atoms with van der Waals surface area (Å²) in [6.45, 7) is 6.77. The molecule has 1 fully saturated rings. The van der Waals surface area contributed by atoms with Gasteiger partial charge in [0.1, 0.15) is 5.76 Å². The van der Waals surface area contributed by atoms with Crippen molar-refractivity contribution < 1.29 is 4.52 Å². The molecule has 1 aromatic heterocycles. The second-order valence-corrected chi connectivity index (χ2v) is 5.55. The van der Waals surface area contributed by atoms with E-state index in [9.17, 15) is 0 Å². The number of hydrogen-bond donors (Lipinski definition) is 0. The first-order valence-electron chi connectivity index (χ1n) is 6.86. The summed E-state index contributed by atoms with van der Waals surface area (Å²) < 4.78 is 5.11. The largest absolute Gasteiger partial charge is 0.368 e. The van der Waals surface area contributed by atoms with Crippen molar-refractivity contribution >= 4 is 17.3 Å². The first-order chi connectivity index (χ1) is 9.72. The Balaban J connectivity index is 1.58. The number of aromatic nitrogens is 1. The van der Waals surface area contributed by atoms with E-state index in [-0.39, 0.29) is 0 Å². The van der Waals surface area contributed by atoms with E-state index < -0.39 is 0 Å². The highest BCUT2D eigenvalue weighted by atomic mass is 35.5. The molecule has 3 rings (SSSR count). The molecule has 1 saturated heterocycles. The van der Waals surface area contributed by atoms with Crippen LogP contribution >= 0.6 is 11.6 Å². The van der Waals surface area contributed by atoms with Crippen LogP contribution in [0.3, 0.4) is 0 Å². The van der Waals surface area contributed by atoms with Crippen molar-refractivity contribution in [2.75, 3.05) is 31.1 Å². The Labute approximate surface area is 123 Å². The zero-order valence-electron chi connectivity index (χ0n) is 11.6. The third-order valence-corrected chi connectivity index (χ3v) is 3.95. The van der Waals surface area contributed by atoms with Gasteiger partial charge in [-0.1, -0.05) is 28.9 Å². The molecule has 0 bridgehead atoms. The highest BCUT2D eigenvalue weighted by molar-refractivity contribution is 6.33. The van der Waals surface area contributed by atoms with Crippen LogP contribution in [0.25, 0.3) is 0 Å². The smallest absolute Gasteiger partial charge is 0.133 e. The summed E-state index contributed by atoms with van der Waals surface area (Å²) in [7, 11) is 0. The molecule has 4 nitrogen and oxygen atoms in total. The molecular weight excluding hydrogens is 274 g/mol. The topological polar surface area (TPSA) is 32.5 Å². The van der Waals surface area contributed by atoms with Gasteiger partial charge in [-0.3, -0.25) is 4.90 Å². The molecular formula is C15H18ClN3O. The molecule has 5 heteroatoms. The fourth-order valence-electron chi connectivity index (χ4n) is 2.58. The van der Waals surface area contributed by atoms with Gasteiger partial charge < -0.3 is 9.42 Å². The van der Waals surface area contributed by atoms with Crippen LogP contribution in [0.15, 0.2) is 34.9 Å². The standard InChI is InChI=1S/C15H18ClN3O/c1-12-10-13(17-20-12)11-18-6-8-19(9-7-18)15-5-3-2-4-14(15)16/h2-5,10H,6-9,11H2,1H3. The second kappa shape index (κ2) is 5.85. The Morgan fingerprint density at radius 1 is 1.20 bits per heavy atom. The van der Waals surface area contributed by atoms with Gasteiger partial charge in [0, 0.05) is 38.8 Å². The van der Waals surface area contributed by atoms with E-state index in [1.807, 2.05) is 31.2 Å². The maximum atomic E-state index is 6.25. The Morgan fingerprint density at radius 2 is 1.95 bits per heavy atom. The lowest BCUT2D eigenvalue weighted by atomic mass is 10.2. The van der Waals surface area contributed by atoms with Crippen LogP contribution in [0.4, 0.5) is 5.69 Å². The molecule has 2 aromatic rings. The van der Waals surface area contributed by atoms with E-state index in [1.165, 1.54) is 0 Å². The zero-order valence-corrected chi connectivity index (χ0v) is 12.3. The normalized spacial score (nSPS) is 16.6. The van der Waals surface area contributed by atoms with E-state index in [0.29, 0.717) is 0 Å². The molecule has 0 atom stereocenters. The number of para-hydroxylation sites is 1. The molecule has 0 radical (unpaired) electrons. The quantitative estimate of drug-likeness (QED) is 0.870. The van der Waals surface area contributed by atoms with Crippen molar-refractivity contribution in [2.24, 2.45) is 0 Å². The lowest BCUT2D eigenvalue weighted by molar-refractivity contribution is 0.242. The van der Waals surface area contributed by atoms with E-state index in [1.54, 1.807) is 0 Å². The van der Waals surface area contributed by atoms with Crippen molar-refractivity contribution in [3.05, 3.63) is 46.8 Å². The summed E-state index contributed by atoms with van der Waals surface area (Å²) in [5.74, 6) is 0.870. The molecule has 0 unspecified atom stereocenters. The molecule has 0 amide bonds. The van der Waals surface area contributed by atoms with Crippen LogP contribution < -0.4 is 4.90 Å². The number of benzene rings is 1. The van der Waals surface area contributed by atoms with Gasteiger partial charge in [0.15, 0.2) is 0 Å². The molecule has 1 aromatic carbocycles. The fourth-order valence-corrected chi connectivity index (χ4v) is 2.83. The SMILES string of the molecule is Cc1cc(CN2CCN(c3ccccc3Cl)CC2)no1. The van der Waals surface area contributed by atoms with Crippen molar-refractivity contribution in [1.29, 1.82) is 0 Å². The molecule has 0 aliphatic carbocycles. The van der Waals surface area contributed by atoms with Crippen LogP contribution in [0, 0.1) is 6.92 Å². The molecule has 1 aliphatic rings. The van der Waals surface area contributed by atoms with Gasteiger partial charge in [0.25, 0.3) is 0 Å². The summed E-state index contributed by atoms with van der Waals surface area (Å²) in [4.78, 5) is 4.73. The van der Waals surface area contributed by atoms with Gasteiger partial charge in [-0.05, 0) is 19.1 Å². The number of piperazine rings is 1. The van der Waals surface area contributed by atoms with E-state index in [4.69, 9.17) is 16.1 Å². The Morgan fingerprint density at radius 3 is 2.60 bits per heavy atom. The van der Waals surface area contributed by atoms with Gasteiger partial charge in [-0.15, -0.1) is 0 Å². The molecule has 2 heterocycles. The highest BCUT2D eigenvalue weighted by Crippen LogP contribution is 2.26. The highest BCUT2D eigenvalue weighted by Gasteiger charge is 2.19. The average molecular weight is 292 g/mol. The van der Waals surface area contributed by atoms with Crippen LogP contribution in [0.5, 0.6) is 0 Å². The van der Waals surface area contributed by atoms with Crippen molar-refractivity contribution in [1.82, 2.24) is 10.1 Å². The molecule has 20 heavy (non-hydrogen) atoms. The van der Waals surface area contributed by atoms with E-state index >= 15 is 0 Å². The van der Waals surface area contributed by atoms with Crippen LogP contribution in [0.1, 0.15) is 11.5 Å². The Kier molecular flexibility index (Phi) is 3.94. The van der Waals surface area contributed by atoms with Gasteiger partial charge >= 0.3 is 0 Å². The van der Waals surface area contributed by atoms with Gasteiger partial charge in [0.05, 0.1) is 16.4 Å². The van der Waals surface area contributed by atoms with Crippen LogP contribution in [-0.4, -0.2) is 36.2 Å². The Bertz CT molecular complexity index is 576. The Hall–Kier alpha value is -1.52. The van der Waals surface area contributed by atoms with Crippen LogP contribution in [0.2, 0.25) is 5.02 Å². The molecule has 0 N–H and O–H groups in total. The minimum atomic E-state index is 0.827. The molecule has 0 saturated carbocycles. The second-order valence-electron chi connectivity index (χ2n) is 5.14. The maximum absolute atomic E-state index is 6.25. The average Bonchev–Trinajstić information content (AvgIpc) is 2.86. The summed E-state index contributed by atoms with van der Waals surface area (Å²) >= 11 is 6.25. The van der Waals surface area contributed by atoms with Gasteiger partial charge in [-0.2, -0.15) is 0 Å². The van der Waals surface area contributed by atoms with Crippen molar-refractivity contribution in [3.8, 4) is 0 Å². The lowest BCUT2D eigenvalue weighted by Gasteiger charge is -2.36. The first-order valence-corrected chi connectivity index (χ1v) is 7.24. The number of nitrogens with zero attached hydrogens (tertiary/aromatic N) is 3. The van der Waals surface area contributed by atoms with Crippen molar-refractivity contribution in [3.63, 3.8) is 0 Å². The molecule has 106 valence electrons. The predicted octanol–water partition coefficient (Wildman–Crippen LogP) is 2.96. The van der Waals surface area contributed by atoms with Gasteiger partial charge in [-0.25, -0.2) is 0 Å². The summed E-state index contributed by atoms with van der Waals surface area (Å²) in [5.41, 5.74) is 2.14. The van der Waals surface area contributed by atoms with Gasteiger partial charge in [0.2, 0.25) is 0 Å². The monoisotopic (exact) mass is 291 g/mol. The minimum absolute atomic E-state index is 0.827. The number of rotatable bonds is 3. The fraction of sp³-hybridized carbons (Fsp3) is 0.400. The van der Waals surface area contributed by atoms with E-state index in [2.05, 4.69) is 21.0 Å².